The molecule has 4 radical (unpaired) electrons. The number of hydrogen-bond donors (Lipinski definition) is 0. The zero-order valence-electron chi connectivity index (χ0n) is 21.9. The maximum Gasteiger partial charge on any atom is 0.0669 e. The third-order valence-electron chi connectivity index (χ3n) is 3.44. The zero-order chi connectivity index (χ0) is 23.1. The summed E-state index contributed by atoms with van der Waals surface area (Å²) < 4.78 is 0. The fraction of sp³-hybridized carbons (Fsp3) is 0.464. The van der Waals surface area contributed by atoms with Crippen molar-refractivity contribution in [2.24, 2.45) is 0 Å². The van der Waals surface area contributed by atoms with Crippen LogP contribution in [-0.2, 0) is 43.9 Å². The Kier molecular flexibility index (Phi) is 40.7. The molecule has 0 heterocycles. The Morgan fingerprint density at radius 3 is 1.61 bits per heavy atom. The Balaban J connectivity index is -0.000000139. The Bertz CT molecular complexity index is 626. The van der Waals surface area contributed by atoms with Gasteiger partial charge in [0.15, 0.2) is 0 Å². The van der Waals surface area contributed by atoms with Gasteiger partial charge in [0.05, 0.1) is 5.78 Å². The van der Waals surface area contributed by atoms with E-state index in [4.69, 9.17) is 0 Å². The van der Waals surface area contributed by atoms with Gasteiger partial charge >= 0.3 is 0 Å². The smallest absolute Gasteiger partial charge is 0.0669 e. The monoisotopic (exact) mass is 500 g/mol. The van der Waals surface area contributed by atoms with Crippen molar-refractivity contribution in [2.75, 3.05) is 0 Å². The van der Waals surface area contributed by atoms with Gasteiger partial charge in [-0.05, 0) is 24.0 Å². The standard InChI is InChI=1S/C20H21O.4C2H6.B.Y.H2/c1-3-7-20(21)14-16(2)19-12-10-18(11-13-19)15-17-8-5-4-6-9-17;4*1-2;;;/h4-6,8-13H,3,7,15H2,1-2H3;4*1-2H3;;;1H/q-1;;;;;;;/i;;;;;;;1+1. The van der Waals surface area contributed by atoms with Crippen molar-refractivity contribution in [3.8, 4) is 0 Å². The van der Waals surface area contributed by atoms with Crippen molar-refractivity contribution in [1.29, 1.82) is 0 Å². The summed E-state index contributed by atoms with van der Waals surface area (Å²) in [6, 6.07) is 18.8. The van der Waals surface area contributed by atoms with Crippen LogP contribution in [0.15, 0.2) is 54.6 Å². The van der Waals surface area contributed by atoms with Crippen LogP contribution in [0.5, 0.6) is 0 Å². The van der Waals surface area contributed by atoms with Crippen molar-refractivity contribution in [2.45, 2.75) is 88.5 Å². The third-order valence-corrected chi connectivity index (χ3v) is 3.44. The minimum Gasteiger partial charge on any atom is -0.317 e. The molecule has 2 aromatic rings. The molecule has 0 amide bonds. The molecule has 0 aliphatic rings. The molecule has 1 nitrogen and oxygen atoms in total. The van der Waals surface area contributed by atoms with Crippen LogP contribution in [0.4, 0.5) is 0 Å². The maximum atomic E-state index is 11.6. The summed E-state index contributed by atoms with van der Waals surface area (Å²) in [4.78, 5) is 11.6. The number of hydrogen-bond acceptors (Lipinski definition) is 1. The van der Waals surface area contributed by atoms with Gasteiger partial charge in [-0.15, -0.1) is 12.1 Å². The largest absolute Gasteiger partial charge is 0.317 e. The van der Waals surface area contributed by atoms with Gasteiger partial charge in [-0.2, -0.15) is 5.56 Å². The van der Waals surface area contributed by atoms with Crippen LogP contribution in [0, 0.1) is 6.08 Å². The Morgan fingerprint density at radius 1 is 0.774 bits per heavy atom. The Morgan fingerprint density at radius 2 is 1.19 bits per heavy atom. The molecule has 0 unspecified atom stereocenters. The molecule has 0 saturated carbocycles. The van der Waals surface area contributed by atoms with Gasteiger partial charge in [0.2, 0.25) is 0 Å². The molecule has 0 N–H and O–H groups in total. The Hall–Kier alpha value is -0.981. The summed E-state index contributed by atoms with van der Waals surface area (Å²) in [6.07, 6.45) is 5.32. The number of rotatable bonds is 6. The van der Waals surface area contributed by atoms with E-state index in [1.807, 2.05) is 75.3 Å². The fourth-order valence-electron chi connectivity index (χ4n) is 2.28. The van der Waals surface area contributed by atoms with Gasteiger partial charge in [0.1, 0.15) is 0 Å². The first kappa shape index (κ1) is 40.4. The number of carbonyl (C=O) groups excluding carboxylic acids is 1. The summed E-state index contributed by atoms with van der Waals surface area (Å²) in [6.45, 7) is 20.0. The maximum absolute atomic E-state index is 11.6. The normalized spacial score (nSPS) is 8.52. The molecule has 0 bridgehead atoms. The molecular weight excluding hydrogens is 452 g/mol. The minimum atomic E-state index is 0. The van der Waals surface area contributed by atoms with Crippen LogP contribution in [0.3, 0.4) is 0 Å². The van der Waals surface area contributed by atoms with Crippen LogP contribution >= 0.6 is 0 Å². The number of carbonyl (C=O) groups is 1. The van der Waals surface area contributed by atoms with Crippen molar-refractivity contribution in [3.05, 3.63) is 77.4 Å². The number of ketones is 1. The van der Waals surface area contributed by atoms with Crippen LogP contribution < -0.4 is 0 Å². The molecule has 2 aromatic carbocycles. The molecule has 0 atom stereocenters. The quantitative estimate of drug-likeness (QED) is 0.220. The Labute approximate surface area is 223 Å². The first-order valence-electron chi connectivity index (χ1n) is 11.5. The molecule has 3 heteroatoms. The van der Waals surface area contributed by atoms with Crippen LogP contribution in [0.2, 0.25) is 0 Å². The molecule has 0 fully saturated rings. The molecule has 0 spiro atoms. The van der Waals surface area contributed by atoms with E-state index in [-0.39, 0.29) is 48.3 Å². The molecule has 0 aliphatic heterocycles. The van der Waals surface area contributed by atoms with Gasteiger partial charge < -0.3 is 4.79 Å². The number of Topliss-reactive ketones (excluding diaryl/α,β-unsaturated/α-hetero) is 1. The van der Waals surface area contributed by atoms with E-state index in [1.54, 1.807) is 0 Å². The predicted octanol–water partition coefficient (Wildman–Crippen LogP) is 8.82. The van der Waals surface area contributed by atoms with Gasteiger partial charge in [0.25, 0.3) is 0 Å². The van der Waals surface area contributed by atoms with Crippen molar-refractivity contribution in [1.82, 2.24) is 0 Å². The second kappa shape index (κ2) is 31.2. The molecule has 0 aromatic heterocycles. The summed E-state index contributed by atoms with van der Waals surface area (Å²) in [7, 11) is 0. The number of benzene rings is 2. The first-order chi connectivity index (χ1) is 14.2. The summed E-state index contributed by atoms with van der Waals surface area (Å²) in [5.74, 6) is 0.0864. The van der Waals surface area contributed by atoms with E-state index in [0.29, 0.717) is 6.42 Å². The zero-order valence-corrected chi connectivity index (χ0v) is 24.7. The van der Waals surface area contributed by atoms with E-state index in [0.717, 1.165) is 24.0 Å². The van der Waals surface area contributed by atoms with Gasteiger partial charge in [-0.25, -0.2) is 11.6 Å². The van der Waals surface area contributed by atoms with E-state index in [9.17, 15) is 4.79 Å². The van der Waals surface area contributed by atoms with Gasteiger partial charge in [-0.1, -0.05) is 118 Å². The van der Waals surface area contributed by atoms with Crippen molar-refractivity contribution >= 4 is 19.8 Å². The second-order valence-electron chi connectivity index (χ2n) is 5.28. The fourth-order valence-corrected chi connectivity index (χ4v) is 2.28. The third kappa shape index (κ3) is 20.7. The predicted molar refractivity (Wildman–Crippen MR) is 141 cm³/mol. The van der Waals surface area contributed by atoms with Crippen LogP contribution in [-0.4, -0.2) is 14.2 Å². The van der Waals surface area contributed by atoms with Crippen LogP contribution in [0.25, 0.3) is 5.57 Å². The molecule has 2 rings (SSSR count). The molecule has 172 valence electrons. The first-order valence-corrected chi connectivity index (χ1v) is 11.5. The summed E-state index contributed by atoms with van der Waals surface area (Å²) in [5, 5.41) is 0. The average Bonchev–Trinajstić information content (AvgIpc) is 2.80. The topological polar surface area (TPSA) is 17.1 Å². The van der Waals surface area contributed by atoms with E-state index >= 15 is 0 Å². The summed E-state index contributed by atoms with van der Waals surface area (Å²) >= 11 is 0. The van der Waals surface area contributed by atoms with Gasteiger partial charge in [0, 0.05) is 42.5 Å². The van der Waals surface area contributed by atoms with E-state index in [1.165, 1.54) is 11.1 Å². The minimum absolute atomic E-state index is 0. The SMILES string of the molecule is CC.CC.CC.CC.CCCC(=O)[C-]=C(C)c1ccc(Cc2ccccc2)cc1.[2HH].[B].[Y]. The van der Waals surface area contributed by atoms with E-state index in [2.05, 4.69) is 54.6 Å². The van der Waals surface area contributed by atoms with Crippen LogP contribution in [0.1, 0.15) is 100 Å². The van der Waals surface area contributed by atoms with Crippen molar-refractivity contribution < 1.29 is 38.9 Å². The van der Waals surface area contributed by atoms with E-state index < -0.39 is 0 Å². The second-order valence-corrected chi connectivity index (χ2v) is 5.28. The molecule has 31 heavy (non-hydrogen) atoms. The summed E-state index contributed by atoms with van der Waals surface area (Å²) in [5.41, 5.74) is 4.57. The van der Waals surface area contributed by atoms with Crippen molar-refractivity contribution in [3.63, 3.8) is 0 Å². The molecular formula is C28H47BOY-. The van der Waals surface area contributed by atoms with Gasteiger partial charge in [-0.3, -0.25) is 0 Å². The molecule has 0 saturated heterocycles. The number of allylic oxidation sites excluding steroid dienone is 2. The molecule has 0 aliphatic carbocycles. The average molecular weight is 500 g/mol.